The van der Waals surface area contributed by atoms with Gasteiger partial charge in [-0.1, -0.05) is 48.5 Å². The maximum absolute atomic E-state index is 12.6. The van der Waals surface area contributed by atoms with Crippen molar-refractivity contribution in [2.45, 2.75) is 0 Å². The maximum atomic E-state index is 12.6. The van der Waals surface area contributed by atoms with Crippen molar-refractivity contribution in [3.8, 4) is 28.7 Å². The number of rotatable bonds is 6. The second kappa shape index (κ2) is 9.90. The van der Waals surface area contributed by atoms with Gasteiger partial charge in [-0.3, -0.25) is 0 Å². The zero-order valence-electron chi connectivity index (χ0n) is 17.0. The second-order valence-electron chi connectivity index (χ2n) is 6.40. The fourth-order valence-corrected chi connectivity index (χ4v) is 2.86. The first-order valence-corrected chi connectivity index (χ1v) is 9.31. The van der Waals surface area contributed by atoms with E-state index in [-0.39, 0.29) is 17.1 Å². The van der Waals surface area contributed by atoms with Crippen LogP contribution in [0, 0.1) is 11.3 Å². The lowest BCUT2D eigenvalue weighted by Crippen LogP contribution is -2.09. The molecule has 0 atom stereocenters. The molecule has 0 spiro atoms. The van der Waals surface area contributed by atoms with Gasteiger partial charge in [0.1, 0.15) is 11.6 Å². The summed E-state index contributed by atoms with van der Waals surface area (Å²) in [6.07, 6.45) is 1.36. The van der Waals surface area contributed by atoms with Crippen molar-refractivity contribution in [1.29, 1.82) is 5.26 Å². The molecule has 0 aliphatic carbocycles. The third kappa shape index (κ3) is 5.17. The van der Waals surface area contributed by atoms with Gasteiger partial charge in [0.25, 0.3) is 0 Å². The van der Waals surface area contributed by atoms with Crippen molar-refractivity contribution in [2.75, 3.05) is 14.2 Å². The Hall–Kier alpha value is -4.37. The summed E-state index contributed by atoms with van der Waals surface area (Å²) < 4.78 is 15.3. The van der Waals surface area contributed by atoms with Crippen LogP contribution in [0.2, 0.25) is 0 Å². The molecule has 0 aliphatic heterocycles. The summed E-state index contributed by atoms with van der Waals surface area (Å²) in [5, 5.41) is 9.09. The fourth-order valence-electron chi connectivity index (χ4n) is 2.86. The number of methoxy groups -OCH3 is 2. The standard InChI is InChI=1S/C25H19NO5/c1-29-23-15-17(14-21(16-26)24(27)30-2)8-13-22(23)31-25(28)20-11-9-19(10-12-20)18-6-4-3-5-7-18/h3-15H,1-2H3/b21-14+. The first-order chi connectivity index (χ1) is 15.0. The number of benzene rings is 3. The maximum Gasteiger partial charge on any atom is 0.348 e. The molecule has 0 aromatic heterocycles. The van der Waals surface area contributed by atoms with Gasteiger partial charge in [-0.15, -0.1) is 0 Å². The SMILES string of the molecule is COC(=O)/C(C#N)=C/c1ccc(OC(=O)c2ccc(-c3ccccc3)cc2)c(OC)c1. The van der Waals surface area contributed by atoms with E-state index in [1.165, 1.54) is 26.4 Å². The Morgan fingerprint density at radius 2 is 1.55 bits per heavy atom. The summed E-state index contributed by atoms with van der Waals surface area (Å²) in [4.78, 5) is 24.1. The zero-order chi connectivity index (χ0) is 22.2. The van der Waals surface area contributed by atoms with Gasteiger partial charge in [-0.2, -0.15) is 5.26 Å². The van der Waals surface area contributed by atoms with Crippen LogP contribution in [0.25, 0.3) is 17.2 Å². The van der Waals surface area contributed by atoms with E-state index in [0.717, 1.165) is 11.1 Å². The van der Waals surface area contributed by atoms with Gasteiger partial charge < -0.3 is 14.2 Å². The van der Waals surface area contributed by atoms with Crippen molar-refractivity contribution in [2.24, 2.45) is 0 Å². The summed E-state index contributed by atoms with van der Waals surface area (Å²) in [7, 11) is 2.63. The Morgan fingerprint density at radius 3 is 2.16 bits per heavy atom. The fraction of sp³-hybridized carbons (Fsp3) is 0.0800. The highest BCUT2D eigenvalue weighted by Crippen LogP contribution is 2.30. The monoisotopic (exact) mass is 413 g/mol. The van der Waals surface area contributed by atoms with Gasteiger partial charge in [-0.05, 0) is 47.0 Å². The van der Waals surface area contributed by atoms with Gasteiger partial charge in [-0.25, -0.2) is 9.59 Å². The van der Waals surface area contributed by atoms with Crippen LogP contribution >= 0.6 is 0 Å². The minimum Gasteiger partial charge on any atom is -0.493 e. The van der Waals surface area contributed by atoms with Crippen LogP contribution in [0.1, 0.15) is 15.9 Å². The number of hydrogen-bond acceptors (Lipinski definition) is 6. The summed E-state index contributed by atoms with van der Waals surface area (Å²) >= 11 is 0. The molecule has 0 bridgehead atoms. The molecule has 154 valence electrons. The predicted octanol–water partition coefficient (Wildman–Crippen LogP) is 4.66. The Kier molecular flexibility index (Phi) is 6.82. The molecule has 6 nitrogen and oxygen atoms in total. The molecule has 3 aromatic carbocycles. The first kappa shape index (κ1) is 21.3. The quantitative estimate of drug-likeness (QED) is 0.253. The number of esters is 2. The molecule has 0 fully saturated rings. The highest BCUT2D eigenvalue weighted by molar-refractivity contribution is 5.98. The number of carbonyl (C=O) groups is 2. The number of nitrogens with zero attached hydrogens (tertiary/aromatic N) is 1. The first-order valence-electron chi connectivity index (χ1n) is 9.31. The van der Waals surface area contributed by atoms with Gasteiger partial charge in [0.05, 0.1) is 19.8 Å². The normalized spacial score (nSPS) is 10.7. The largest absolute Gasteiger partial charge is 0.493 e. The van der Waals surface area contributed by atoms with Gasteiger partial charge in [0.2, 0.25) is 0 Å². The molecule has 0 saturated carbocycles. The molecule has 0 radical (unpaired) electrons. The summed E-state index contributed by atoms with van der Waals surface area (Å²) in [6.45, 7) is 0. The van der Waals surface area contributed by atoms with E-state index in [9.17, 15) is 9.59 Å². The average molecular weight is 413 g/mol. The third-order valence-corrected chi connectivity index (χ3v) is 4.45. The van der Waals surface area contributed by atoms with Crippen molar-refractivity contribution in [3.63, 3.8) is 0 Å². The Balaban J connectivity index is 1.79. The smallest absolute Gasteiger partial charge is 0.348 e. The number of hydrogen-bond donors (Lipinski definition) is 0. The molecule has 3 rings (SSSR count). The molecule has 6 heteroatoms. The van der Waals surface area contributed by atoms with E-state index >= 15 is 0 Å². The Morgan fingerprint density at radius 1 is 0.871 bits per heavy atom. The van der Waals surface area contributed by atoms with Crippen LogP contribution in [0.4, 0.5) is 0 Å². The average Bonchev–Trinajstić information content (AvgIpc) is 2.83. The second-order valence-corrected chi connectivity index (χ2v) is 6.40. The number of ether oxygens (including phenoxy) is 3. The highest BCUT2D eigenvalue weighted by atomic mass is 16.6. The molecule has 0 saturated heterocycles. The Labute approximate surface area is 179 Å². The van der Waals surface area contributed by atoms with Gasteiger partial charge in [0.15, 0.2) is 11.5 Å². The van der Waals surface area contributed by atoms with Crippen molar-refractivity contribution < 1.29 is 23.8 Å². The number of carbonyl (C=O) groups excluding carboxylic acids is 2. The van der Waals surface area contributed by atoms with E-state index in [2.05, 4.69) is 4.74 Å². The van der Waals surface area contributed by atoms with E-state index in [1.54, 1.807) is 30.3 Å². The Bertz CT molecular complexity index is 1160. The van der Waals surface area contributed by atoms with Crippen molar-refractivity contribution in [3.05, 3.63) is 89.5 Å². The van der Waals surface area contributed by atoms with Crippen LogP contribution in [0.5, 0.6) is 11.5 Å². The minimum atomic E-state index is -0.740. The predicted molar refractivity (Wildman–Crippen MR) is 115 cm³/mol. The highest BCUT2D eigenvalue weighted by Gasteiger charge is 2.14. The van der Waals surface area contributed by atoms with Gasteiger partial charge in [0, 0.05) is 0 Å². The summed E-state index contributed by atoms with van der Waals surface area (Å²) in [5.74, 6) is -0.775. The van der Waals surface area contributed by atoms with Crippen LogP contribution < -0.4 is 9.47 Å². The van der Waals surface area contributed by atoms with Crippen LogP contribution in [0.3, 0.4) is 0 Å². The third-order valence-electron chi connectivity index (χ3n) is 4.45. The topological polar surface area (TPSA) is 85.6 Å². The molecule has 0 heterocycles. The lowest BCUT2D eigenvalue weighted by molar-refractivity contribution is -0.135. The molecule has 0 unspecified atom stereocenters. The van der Waals surface area contributed by atoms with E-state index in [1.807, 2.05) is 42.5 Å². The molecule has 0 N–H and O–H groups in total. The molecular formula is C25H19NO5. The van der Waals surface area contributed by atoms with E-state index in [4.69, 9.17) is 14.7 Å². The van der Waals surface area contributed by atoms with E-state index in [0.29, 0.717) is 11.1 Å². The lowest BCUT2D eigenvalue weighted by Gasteiger charge is -2.10. The molecule has 0 aliphatic rings. The molecule has 31 heavy (non-hydrogen) atoms. The van der Waals surface area contributed by atoms with Crippen LogP contribution in [0.15, 0.2) is 78.4 Å². The van der Waals surface area contributed by atoms with Crippen LogP contribution in [-0.4, -0.2) is 26.2 Å². The zero-order valence-corrected chi connectivity index (χ0v) is 17.0. The van der Waals surface area contributed by atoms with Crippen LogP contribution in [-0.2, 0) is 9.53 Å². The van der Waals surface area contributed by atoms with Gasteiger partial charge >= 0.3 is 11.9 Å². The summed E-state index contributed by atoms with van der Waals surface area (Å²) in [6, 6.07) is 23.4. The van der Waals surface area contributed by atoms with Crippen molar-refractivity contribution in [1.82, 2.24) is 0 Å². The molecule has 0 amide bonds. The van der Waals surface area contributed by atoms with Crippen molar-refractivity contribution >= 4 is 18.0 Å². The molecular weight excluding hydrogens is 394 g/mol. The minimum absolute atomic E-state index is 0.159. The summed E-state index contributed by atoms with van der Waals surface area (Å²) in [5.41, 5.74) is 2.79. The number of nitriles is 1. The van der Waals surface area contributed by atoms with E-state index < -0.39 is 11.9 Å². The molecule has 3 aromatic rings. The lowest BCUT2D eigenvalue weighted by atomic mass is 10.0.